The number of aliphatic carboxylic acids is 1. The highest BCUT2D eigenvalue weighted by molar-refractivity contribution is 5.66. The van der Waals surface area contributed by atoms with E-state index in [4.69, 9.17) is 9.84 Å². The molecule has 1 saturated heterocycles. The molecule has 0 bridgehead atoms. The minimum atomic E-state index is -0.901. The second kappa shape index (κ2) is 14.3. The monoisotopic (exact) mass is 394 g/mol. The van der Waals surface area contributed by atoms with E-state index >= 15 is 0 Å². The van der Waals surface area contributed by atoms with Crippen LogP contribution < -0.4 is 0 Å². The summed E-state index contributed by atoms with van der Waals surface area (Å²) in [6, 6.07) is 0. The Bertz CT molecular complexity index is 551. The Morgan fingerprint density at radius 2 is 1.86 bits per heavy atom. The van der Waals surface area contributed by atoms with Crippen LogP contribution in [0.15, 0.2) is 48.6 Å². The average molecular weight is 395 g/mol. The van der Waals surface area contributed by atoms with Crippen molar-refractivity contribution in [1.82, 2.24) is 0 Å². The molecule has 0 saturated carbocycles. The van der Waals surface area contributed by atoms with Crippen LogP contribution in [0.4, 0.5) is 0 Å². The summed E-state index contributed by atoms with van der Waals surface area (Å²) in [7, 11) is 0. The van der Waals surface area contributed by atoms with Crippen molar-refractivity contribution in [3.05, 3.63) is 48.6 Å². The number of aliphatic hydroxyl groups excluding tert-OH is 3. The summed E-state index contributed by atoms with van der Waals surface area (Å²) < 4.78 is 5.76. The largest absolute Gasteiger partial charge is 0.481 e. The number of allylic oxidation sites excluding steroid dienone is 4. The molecule has 0 amide bonds. The summed E-state index contributed by atoms with van der Waals surface area (Å²) in [5.41, 5.74) is 0. The zero-order valence-corrected chi connectivity index (χ0v) is 16.6. The van der Waals surface area contributed by atoms with Crippen molar-refractivity contribution >= 4 is 5.97 Å². The predicted octanol–water partition coefficient (Wildman–Crippen LogP) is 2.90. The van der Waals surface area contributed by atoms with E-state index in [0.29, 0.717) is 25.7 Å². The van der Waals surface area contributed by atoms with Gasteiger partial charge in [0.2, 0.25) is 0 Å². The van der Waals surface area contributed by atoms with Crippen molar-refractivity contribution < 1.29 is 30.0 Å². The normalized spacial score (nSPS) is 25.5. The van der Waals surface area contributed by atoms with E-state index in [-0.39, 0.29) is 12.5 Å². The Morgan fingerprint density at radius 3 is 2.57 bits per heavy atom. The summed E-state index contributed by atoms with van der Waals surface area (Å²) in [5.74, 6) is -0.853. The molecular weight excluding hydrogens is 360 g/mol. The van der Waals surface area contributed by atoms with Gasteiger partial charge in [-0.3, -0.25) is 4.79 Å². The van der Waals surface area contributed by atoms with E-state index in [1.54, 1.807) is 12.2 Å². The van der Waals surface area contributed by atoms with Crippen LogP contribution in [0.5, 0.6) is 0 Å². The van der Waals surface area contributed by atoms with Crippen molar-refractivity contribution in [2.75, 3.05) is 0 Å². The van der Waals surface area contributed by atoms with Gasteiger partial charge in [0, 0.05) is 12.8 Å². The number of carbonyl (C=O) groups is 1. The Morgan fingerprint density at radius 1 is 1.11 bits per heavy atom. The third-order valence-corrected chi connectivity index (χ3v) is 4.44. The fourth-order valence-electron chi connectivity index (χ4n) is 2.87. The van der Waals surface area contributed by atoms with Gasteiger partial charge in [0.15, 0.2) is 0 Å². The van der Waals surface area contributed by atoms with E-state index < -0.39 is 30.4 Å². The van der Waals surface area contributed by atoms with Crippen LogP contribution >= 0.6 is 0 Å². The van der Waals surface area contributed by atoms with Crippen molar-refractivity contribution in [3.63, 3.8) is 0 Å². The van der Waals surface area contributed by atoms with Crippen molar-refractivity contribution in [2.24, 2.45) is 0 Å². The first-order valence-corrected chi connectivity index (χ1v) is 9.98. The molecule has 5 atom stereocenters. The maximum absolute atomic E-state index is 10.4. The number of aliphatic hydroxyl groups is 3. The van der Waals surface area contributed by atoms with Crippen LogP contribution in [0.2, 0.25) is 0 Å². The van der Waals surface area contributed by atoms with Crippen LogP contribution in [-0.4, -0.2) is 56.9 Å². The molecule has 4 N–H and O–H groups in total. The van der Waals surface area contributed by atoms with Gasteiger partial charge >= 0.3 is 5.97 Å². The first-order valence-electron chi connectivity index (χ1n) is 9.98. The molecule has 6 heteroatoms. The highest BCUT2D eigenvalue weighted by atomic mass is 16.5. The van der Waals surface area contributed by atoms with Gasteiger partial charge in [-0.05, 0) is 32.1 Å². The predicted molar refractivity (Wildman–Crippen MR) is 109 cm³/mol. The Labute approximate surface area is 167 Å². The molecule has 0 spiro atoms. The van der Waals surface area contributed by atoms with E-state index in [9.17, 15) is 20.1 Å². The lowest BCUT2D eigenvalue weighted by atomic mass is 10.0. The molecule has 1 rings (SSSR count). The van der Waals surface area contributed by atoms with Gasteiger partial charge in [0.25, 0.3) is 0 Å². The van der Waals surface area contributed by atoms with E-state index in [1.807, 2.05) is 12.2 Å². The molecule has 158 valence electrons. The van der Waals surface area contributed by atoms with Gasteiger partial charge in [0.05, 0.1) is 30.5 Å². The SMILES string of the molecule is CC/C=C\C/C=C\C[C@@H]1O[C@H]([C@H](O)/C=C/[C@H](O)C/C=C\CCC(=O)O)C[C@H]1O. The van der Waals surface area contributed by atoms with Gasteiger partial charge in [-0.2, -0.15) is 0 Å². The average Bonchev–Trinajstić information content (AvgIpc) is 3.03. The molecule has 0 aromatic rings. The number of ether oxygens (including phenoxy) is 1. The number of hydrogen-bond acceptors (Lipinski definition) is 5. The molecular formula is C22H34O6. The van der Waals surface area contributed by atoms with Gasteiger partial charge in [-0.15, -0.1) is 0 Å². The minimum Gasteiger partial charge on any atom is -0.481 e. The lowest BCUT2D eigenvalue weighted by Gasteiger charge is -2.16. The number of rotatable bonds is 13. The third-order valence-electron chi connectivity index (χ3n) is 4.44. The molecule has 6 nitrogen and oxygen atoms in total. The highest BCUT2D eigenvalue weighted by Gasteiger charge is 2.36. The maximum atomic E-state index is 10.4. The molecule has 1 aliphatic rings. The molecule has 0 aliphatic carbocycles. The Balaban J connectivity index is 2.33. The zero-order chi connectivity index (χ0) is 20.8. The second-order valence-corrected chi connectivity index (χ2v) is 6.92. The molecule has 0 unspecified atom stereocenters. The maximum Gasteiger partial charge on any atom is 0.303 e. The van der Waals surface area contributed by atoms with Crippen molar-refractivity contribution in [3.8, 4) is 0 Å². The van der Waals surface area contributed by atoms with Gasteiger partial charge in [0.1, 0.15) is 0 Å². The van der Waals surface area contributed by atoms with E-state index in [2.05, 4.69) is 19.1 Å². The standard InChI is InChI=1S/C22H34O6/c1-2-3-4-5-6-9-12-20-19(25)16-21(28-20)18(24)15-14-17(23)11-8-7-10-13-22(26)27/h3-4,6-9,14-15,17-21,23-25H,2,5,10-13,16H2,1H3,(H,26,27)/b4-3-,8-7-,9-6-,15-14+/t17-,18-,19-,20+,21+/m1/s1. The van der Waals surface area contributed by atoms with Gasteiger partial charge < -0.3 is 25.2 Å². The number of carboxylic acids is 1. The highest BCUT2D eigenvalue weighted by Crippen LogP contribution is 2.26. The molecule has 1 aliphatic heterocycles. The van der Waals surface area contributed by atoms with E-state index in [1.165, 1.54) is 12.2 Å². The summed E-state index contributed by atoms with van der Waals surface area (Å²) in [5, 5.41) is 38.8. The van der Waals surface area contributed by atoms with Gasteiger partial charge in [-0.1, -0.05) is 55.5 Å². The van der Waals surface area contributed by atoms with Crippen LogP contribution in [0, 0.1) is 0 Å². The lowest BCUT2D eigenvalue weighted by molar-refractivity contribution is -0.136. The molecule has 28 heavy (non-hydrogen) atoms. The van der Waals surface area contributed by atoms with E-state index in [0.717, 1.165) is 12.8 Å². The Kier molecular flexibility index (Phi) is 12.4. The molecule has 0 radical (unpaired) electrons. The van der Waals surface area contributed by atoms with Crippen LogP contribution in [0.25, 0.3) is 0 Å². The first kappa shape index (κ1) is 24.3. The van der Waals surface area contributed by atoms with Crippen molar-refractivity contribution in [1.29, 1.82) is 0 Å². The zero-order valence-electron chi connectivity index (χ0n) is 16.6. The molecule has 0 aromatic heterocycles. The molecule has 1 heterocycles. The topological polar surface area (TPSA) is 107 Å². The summed E-state index contributed by atoms with van der Waals surface area (Å²) >= 11 is 0. The summed E-state index contributed by atoms with van der Waals surface area (Å²) in [6.45, 7) is 2.08. The smallest absolute Gasteiger partial charge is 0.303 e. The number of carboxylic acid groups (broad SMARTS) is 1. The molecule has 1 fully saturated rings. The van der Waals surface area contributed by atoms with Crippen LogP contribution in [-0.2, 0) is 9.53 Å². The Hall–Kier alpha value is -1.73. The number of hydrogen-bond donors (Lipinski definition) is 4. The second-order valence-electron chi connectivity index (χ2n) is 6.92. The van der Waals surface area contributed by atoms with Gasteiger partial charge in [-0.25, -0.2) is 0 Å². The fraction of sp³-hybridized carbons (Fsp3) is 0.591. The van der Waals surface area contributed by atoms with Crippen LogP contribution in [0.3, 0.4) is 0 Å². The fourth-order valence-corrected chi connectivity index (χ4v) is 2.87. The van der Waals surface area contributed by atoms with Crippen molar-refractivity contribution in [2.45, 2.75) is 82.4 Å². The third kappa shape index (κ3) is 10.6. The minimum absolute atomic E-state index is 0.0638. The summed E-state index contributed by atoms with van der Waals surface area (Å²) in [4.78, 5) is 10.4. The van der Waals surface area contributed by atoms with Crippen LogP contribution in [0.1, 0.15) is 51.9 Å². The summed E-state index contributed by atoms with van der Waals surface area (Å²) in [6.07, 6.45) is 15.2. The lowest BCUT2D eigenvalue weighted by Crippen LogP contribution is -2.24. The quantitative estimate of drug-likeness (QED) is 0.358. The first-order chi connectivity index (χ1) is 13.4. The molecule has 0 aromatic carbocycles.